The van der Waals surface area contributed by atoms with Crippen LogP contribution in [0.1, 0.15) is 0 Å². The van der Waals surface area contributed by atoms with E-state index in [1.807, 2.05) is 0 Å². The molecule has 11 heteroatoms. The molecule has 0 saturated heterocycles. The van der Waals surface area contributed by atoms with Gasteiger partial charge in [0.2, 0.25) is 0 Å². The van der Waals surface area contributed by atoms with Crippen LogP contribution < -0.4 is 99.3 Å². The topological polar surface area (TPSA) is 0 Å². The van der Waals surface area contributed by atoms with Gasteiger partial charge in [-0.3, -0.25) is 0 Å². The molecule has 11 heavy (non-hydrogen) atoms. The zero-order valence-electron chi connectivity index (χ0n) is 4.89. The second-order valence-corrected chi connectivity index (χ2v) is 0. The molecule has 0 radical (unpaired) electrons. The van der Waals surface area contributed by atoms with E-state index in [9.17, 15) is 0 Å². The minimum Gasteiger partial charge on any atom is -1.00 e. The first kappa shape index (κ1) is 178. The van der Waals surface area contributed by atoms with Crippen LogP contribution in [0.4, 0.5) is 0 Å². The van der Waals surface area contributed by atoms with Crippen LogP contribution in [0.5, 0.6) is 0 Å². The van der Waals surface area contributed by atoms with Gasteiger partial charge >= 0.3 is 56.6 Å². The van der Waals surface area contributed by atoms with E-state index in [1.165, 1.54) is 0 Å². The van der Waals surface area contributed by atoms with Crippen LogP contribution in [0.15, 0.2) is 0 Å². The smallest absolute Gasteiger partial charge is 1.00 e. The number of halogens is 8. The van der Waals surface area contributed by atoms with E-state index in [4.69, 9.17) is 0 Å². The molecule has 0 fully saturated rings. The summed E-state index contributed by atoms with van der Waals surface area (Å²) >= 11 is 0. The van der Waals surface area contributed by atoms with Crippen molar-refractivity contribution in [1.82, 2.24) is 0 Å². The van der Waals surface area contributed by atoms with Gasteiger partial charge in [0, 0.05) is 0 Å². The van der Waals surface area contributed by atoms with Gasteiger partial charge in [0.15, 0.2) is 0 Å². The summed E-state index contributed by atoms with van der Waals surface area (Å²) in [5, 5.41) is 0. The average molecular weight is 446 g/mol. The van der Waals surface area contributed by atoms with Crippen molar-refractivity contribution in [3.63, 3.8) is 0 Å². The summed E-state index contributed by atoms with van der Waals surface area (Å²) in [6.45, 7) is 0. The van der Waals surface area contributed by atoms with Gasteiger partial charge in [-0.25, -0.2) is 0 Å². The van der Waals surface area contributed by atoms with Gasteiger partial charge in [-0.2, -0.15) is 0 Å². The molecule has 0 bridgehead atoms. The fourth-order valence-electron chi connectivity index (χ4n) is 0. The minimum atomic E-state index is 0. The van der Waals surface area contributed by atoms with Gasteiger partial charge in [0.1, 0.15) is 0 Å². The zero-order valence-corrected chi connectivity index (χ0v) is 17.5. The molecule has 0 nitrogen and oxygen atoms in total. The Balaban J connectivity index is 0. The summed E-state index contributed by atoms with van der Waals surface area (Å²) in [4.78, 5) is 0. The van der Waals surface area contributed by atoms with Crippen molar-refractivity contribution < 1.29 is 119 Å². The molecular weight excluding hydrogens is 446 g/mol. The van der Waals surface area contributed by atoms with Crippen LogP contribution in [0.3, 0.4) is 0 Å². The van der Waals surface area contributed by atoms with E-state index >= 15 is 0 Å². The van der Waals surface area contributed by atoms with Gasteiger partial charge in [-0.05, 0) is 0 Å². The maximum atomic E-state index is 0. The van der Waals surface area contributed by atoms with Crippen molar-refractivity contribution in [1.29, 1.82) is 0 Å². The number of hydrogen-bond donors (Lipinski definition) is 0. The Morgan fingerprint density at radius 3 is 0.364 bits per heavy atom. The molecule has 0 saturated carbocycles. The van der Waals surface area contributed by atoms with Crippen LogP contribution >= 0.6 is 0 Å². The minimum absolute atomic E-state index is 0. The molecule has 0 N–H and O–H groups in total. The fourth-order valence-corrected chi connectivity index (χ4v) is 0. The Morgan fingerprint density at radius 1 is 0.364 bits per heavy atom. The predicted octanol–water partition coefficient (Wildman–Crippen LogP) is -24.7. The first-order valence-electron chi connectivity index (χ1n) is 0. The largest absolute Gasteiger partial charge is 3.00 e. The van der Waals surface area contributed by atoms with Crippen LogP contribution in [0.25, 0.3) is 0 Å². The van der Waals surface area contributed by atoms with Gasteiger partial charge in [-0.1, -0.05) is 0 Å². The van der Waals surface area contributed by atoms with E-state index in [2.05, 4.69) is 0 Å². The first-order valence-corrected chi connectivity index (χ1v) is 0. The molecule has 0 aromatic rings. The third-order valence-electron chi connectivity index (χ3n) is 0. The average Bonchev–Trinajstić information content (AvgIpc) is 0. The molecular formula is AlCl8GaZn. The molecule has 0 aliphatic carbocycles. The third-order valence-corrected chi connectivity index (χ3v) is 0. The van der Waals surface area contributed by atoms with Gasteiger partial charge < -0.3 is 99.3 Å². The standard InChI is InChI=1S/Al.8ClH.Ga.Zn/h;8*1H;;/q+3;;;;;;;;;+3;+2/p-8. The molecule has 0 spiro atoms. The molecule has 0 aliphatic heterocycles. The Bertz CT molecular complexity index is 14.1. The quantitative estimate of drug-likeness (QED) is 0.325. The molecule has 64 valence electrons. The van der Waals surface area contributed by atoms with Gasteiger partial charge in [0.25, 0.3) is 0 Å². The van der Waals surface area contributed by atoms with Crippen molar-refractivity contribution >= 4 is 37.2 Å². The number of hydrogen-bond acceptors (Lipinski definition) is 0. The molecule has 0 atom stereocenters. The van der Waals surface area contributed by atoms with Crippen molar-refractivity contribution in [2.45, 2.75) is 0 Å². The maximum Gasteiger partial charge on any atom is 3.00 e. The summed E-state index contributed by atoms with van der Waals surface area (Å²) in [5.74, 6) is 0. The Kier molecular flexibility index (Phi) is 2320. The summed E-state index contributed by atoms with van der Waals surface area (Å²) in [5.41, 5.74) is 0. The van der Waals surface area contributed by atoms with Crippen molar-refractivity contribution in [3.8, 4) is 0 Å². The third kappa shape index (κ3) is 122. The predicted molar refractivity (Wildman–Crippen MR) is 11.5 cm³/mol. The van der Waals surface area contributed by atoms with Crippen molar-refractivity contribution in [3.05, 3.63) is 0 Å². The SMILES string of the molecule is [Al+3].[Cl-].[Cl-].[Cl-].[Cl-].[Cl-].[Cl-].[Cl-].[Cl-].[Ga+3].[Zn+2]. The summed E-state index contributed by atoms with van der Waals surface area (Å²) in [7, 11) is 0. The Labute approximate surface area is 154 Å². The molecule has 0 aromatic carbocycles. The van der Waals surface area contributed by atoms with E-state index in [0.29, 0.717) is 0 Å². The van der Waals surface area contributed by atoms with E-state index in [0.717, 1.165) is 0 Å². The van der Waals surface area contributed by atoms with Crippen LogP contribution in [-0.4, -0.2) is 37.2 Å². The molecule has 0 heterocycles. The molecule has 0 aromatic heterocycles. The van der Waals surface area contributed by atoms with Crippen LogP contribution in [0.2, 0.25) is 0 Å². The molecule has 0 rings (SSSR count). The normalized spacial score (nSPS) is 0. The van der Waals surface area contributed by atoms with Gasteiger partial charge in [-0.15, -0.1) is 0 Å². The van der Waals surface area contributed by atoms with E-state index in [1.54, 1.807) is 0 Å². The summed E-state index contributed by atoms with van der Waals surface area (Å²) < 4.78 is 0. The fraction of sp³-hybridized carbons (Fsp3) is 0. The molecule has 0 amide bonds. The first-order chi connectivity index (χ1) is 0. The second-order valence-electron chi connectivity index (χ2n) is 0. The van der Waals surface area contributed by atoms with Crippen LogP contribution in [0, 0.1) is 0 Å². The Morgan fingerprint density at radius 2 is 0.364 bits per heavy atom. The second kappa shape index (κ2) is 143. The van der Waals surface area contributed by atoms with E-state index in [-0.39, 0.29) is 156 Å². The zero-order chi connectivity index (χ0) is 0. The monoisotopic (exact) mass is 440 g/mol. The van der Waals surface area contributed by atoms with Crippen molar-refractivity contribution in [2.24, 2.45) is 0 Å². The molecule has 0 unspecified atom stereocenters. The van der Waals surface area contributed by atoms with Crippen molar-refractivity contribution in [2.75, 3.05) is 0 Å². The van der Waals surface area contributed by atoms with Crippen LogP contribution in [-0.2, 0) is 19.5 Å². The Hall–Kier alpha value is 4.11. The maximum absolute atomic E-state index is 0. The van der Waals surface area contributed by atoms with E-state index < -0.39 is 0 Å². The summed E-state index contributed by atoms with van der Waals surface area (Å²) in [6.07, 6.45) is 0. The number of rotatable bonds is 0. The molecule has 0 aliphatic rings. The summed E-state index contributed by atoms with van der Waals surface area (Å²) in [6, 6.07) is 0. The van der Waals surface area contributed by atoms with Gasteiger partial charge in [0.05, 0.1) is 0 Å².